The van der Waals surface area contributed by atoms with Crippen LogP contribution in [0, 0.1) is 11.8 Å². The largest absolute Gasteiger partial charge is 0.473 e. The first-order chi connectivity index (χ1) is 18.1. The quantitative estimate of drug-likeness (QED) is 0.279. The average molecular weight is 530 g/mol. The molecule has 4 rings (SSSR count). The van der Waals surface area contributed by atoms with Crippen molar-refractivity contribution >= 4 is 34.4 Å². The Morgan fingerprint density at radius 1 is 1.05 bits per heavy atom. The van der Waals surface area contributed by atoms with Crippen molar-refractivity contribution in [3.63, 3.8) is 0 Å². The summed E-state index contributed by atoms with van der Waals surface area (Å²) in [5, 5.41) is 3.68. The second-order valence-corrected chi connectivity index (χ2v) is 9.12. The van der Waals surface area contributed by atoms with Gasteiger partial charge in [0.15, 0.2) is 5.76 Å². The third kappa shape index (κ3) is 6.65. The molecule has 1 saturated heterocycles. The Kier molecular flexibility index (Phi) is 8.26. The molecule has 11 heteroatoms. The van der Waals surface area contributed by atoms with Crippen molar-refractivity contribution in [2.75, 3.05) is 19.8 Å². The van der Waals surface area contributed by atoms with Crippen LogP contribution in [0.15, 0.2) is 64.0 Å². The number of nitrogens with one attached hydrogen (secondary N) is 1. The fourth-order valence-electron chi connectivity index (χ4n) is 4.32. The number of hydrogen-bond donors (Lipinski definition) is 2. The van der Waals surface area contributed by atoms with Crippen LogP contribution in [-0.4, -0.2) is 49.4 Å². The van der Waals surface area contributed by atoms with E-state index in [1.165, 1.54) is 24.3 Å². The van der Waals surface area contributed by atoms with E-state index in [4.69, 9.17) is 14.9 Å². The zero-order valence-corrected chi connectivity index (χ0v) is 20.3. The molecule has 1 fully saturated rings. The Hall–Kier alpha value is -3.99. The van der Waals surface area contributed by atoms with Crippen molar-refractivity contribution in [2.24, 2.45) is 22.6 Å². The van der Waals surface area contributed by atoms with Crippen LogP contribution >= 0.6 is 0 Å². The van der Waals surface area contributed by atoms with E-state index in [1.54, 1.807) is 6.07 Å². The molecule has 1 unspecified atom stereocenters. The lowest BCUT2D eigenvalue weighted by atomic mass is 9.86. The molecule has 0 saturated carbocycles. The lowest BCUT2D eigenvalue weighted by Gasteiger charge is -2.25. The Labute approximate surface area is 216 Å². The van der Waals surface area contributed by atoms with E-state index in [9.17, 15) is 27.6 Å². The minimum absolute atomic E-state index is 0.0690. The number of hydrogen-bond acceptors (Lipinski definition) is 5. The first kappa shape index (κ1) is 27.1. The number of fused-ring (bicyclic) bond motifs is 1. The molecule has 0 bridgehead atoms. The fourth-order valence-corrected chi connectivity index (χ4v) is 4.32. The highest BCUT2D eigenvalue weighted by atomic mass is 19.4. The SMILES string of the molecule is NC(=NC(=O)C(F)(F)F)c1ccc(C(=O)NCC2COCCC[C@H](C(=O)c3cc4ccccc4o3)C2)cc1. The number of rotatable bonds is 6. The Morgan fingerprint density at radius 3 is 2.47 bits per heavy atom. The molecule has 0 spiro atoms. The lowest BCUT2D eigenvalue weighted by Crippen LogP contribution is -2.34. The lowest BCUT2D eigenvalue weighted by molar-refractivity contribution is -0.169. The van der Waals surface area contributed by atoms with Gasteiger partial charge in [-0.25, -0.2) is 0 Å². The molecule has 1 aliphatic rings. The molecule has 2 amide bonds. The highest BCUT2D eigenvalue weighted by molar-refractivity contribution is 6.05. The Bertz CT molecular complexity index is 1310. The van der Waals surface area contributed by atoms with E-state index in [2.05, 4.69) is 10.3 Å². The number of furan rings is 1. The minimum atomic E-state index is -5.12. The molecular formula is C27H26F3N3O5. The number of para-hydroxylation sites is 1. The molecule has 1 aliphatic heterocycles. The van der Waals surface area contributed by atoms with Gasteiger partial charge in [0.25, 0.3) is 5.91 Å². The summed E-state index contributed by atoms with van der Waals surface area (Å²) in [4.78, 5) is 39.7. The van der Waals surface area contributed by atoms with Gasteiger partial charge in [-0.2, -0.15) is 18.2 Å². The van der Waals surface area contributed by atoms with Gasteiger partial charge in [-0.05, 0) is 43.5 Å². The van der Waals surface area contributed by atoms with Gasteiger partial charge in [-0.15, -0.1) is 0 Å². The third-order valence-corrected chi connectivity index (χ3v) is 6.31. The number of carbonyl (C=O) groups excluding carboxylic acids is 3. The van der Waals surface area contributed by atoms with Gasteiger partial charge in [0.2, 0.25) is 5.78 Å². The summed E-state index contributed by atoms with van der Waals surface area (Å²) in [5.41, 5.74) is 6.45. The van der Waals surface area contributed by atoms with Gasteiger partial charge in [-0.3, -0.25) is 14.4 Å². The second kappa shape index (κ2) is 11.6. The van der Waals surface area contributed by atoms with Crippen LogP contribution in [0.1, 0.15) is 45.7 Å². The van der Waals surface area contributed by atoms with Crippen LogP contribution in [0.25, 0.3) is 11.0 Å². The van der Waals surface area contributed by atoms with Crippen molar-refractivity contribution in [3.05, 3.63) is 71.5 Å². The van der Waals surface area contributed by atoms with Crippen LogP contribution in [-0.2, 0) is 9.53 Å². The molecular weight excluding hydrogens is 503 g/mol. The fraction of sp³-hybridized carbons (Fsp3) is 0.333. The molecule has 8 nitrogen and oxygen atoms in total. The van der Waals surface area contributed by atoms with Crippen LogP contribution in [0.5, 0.6) is 0 Å². The van der Waals surface area contributed by atoms with E-state index in [1.807, 2.05) is 24.3 Å². The van der Waals surface area contributed by atoms with Gasteiger partial charge in [0.1, 0.15) is 11.4 Å². The maximum absolute atomic E-state index is 13.2. The molecule has 1 aromatic heterocycles. The highest BCUT2D eigenvalue weighted by Crippen LogP contribution is 2.28. The van der Waals surface area contributed by atoms with Crippen LogP contribution in [0.3, 0.4) is 0 Å². The zero-order chi connectivity index (χ0) is 27.3. The van der Waals surface area contributed by atoms with E-state index in [0.29, 0.717) is 37.4 Å². The summed E-state index contributed by atoms with van der Waals surface area (Å²) in [5.74, 6) is -3.48. The number of amides is 2. The second-order valence-electron chi connectivity index (χ2n) is 9.12. The van der Waals surface area contributed by atoms with Crippen LogP contribution in [0.4, 0.5) is 13.2 Å². The van der Waals surface area contributed by atoms with Gasteiger partial charge >= 0.3 is 12.1 Å². The van der Waals surface area contributed by atoms with Crippen molar-refractivity contribution in [2.45, 2.75) is 25.4 Å². The van der Waals surface area contributed by atoms with Crippen LogP contribution in [0.2, 0.25) is 0 Å². The van der Waals surface area contributed by atoms with Gasteiger partial charge < -0.3 is 20.2 Å². The number of Topliss-reactive ketones (excluding diaryl/α,β-unsaturated/α-hetero) is 1. The molecule has 0 radical (unpaired) electrons. The number of ether oxygens (including phenoxy) is 1. The molecule has 38 heavy (non-hydrogen) atoms. The smallest absolute Gasteiger partial charge is 0.453 e. The van der Waals surface area contributed by atoms with Gasteiger partial charge in [-0.1, -0.05) is 30.3 Å². The van der Waals surface area contributed by atoms with Crippen LogP contribution < -0.4 is 11.1 Å². The highest BCUT2D eigenvalue weighted by Gasteiger charge is 2.38. The number of carbonyl (C=O) groups is 3. The summed E-state index contributed by atoms with van der Waals surface area (Å²) in [6, 6.07) is 14.5. The van der Waals surface area contributed by atoms with E-state index in [-0.39, 0.29) is 35.3 Å². The average Bonchev–Trinajstić information content (AvgIpc) is 3.31. The predicted octanol–water partition coefficient (Wildman–Crippen LogP) is 4.27. The maximum Gasteiger partial charge on any atom is 0.473 e. The van der Waals surface area contributed by atoms with E-state index in [0.717, 1.165) is 11.8 Å². The van der Waals surface area contributed by atoms with Gasteiger partial charge in [0.05, 0.1) is 6.61 Å². The van der Waals surface area contributed by atoms with Crippen molar-refractivity contribution < 1.29 is 36.7 Å². The summed E-state index contributed by atoms with van der Waals surface area (Å²) >= 11 is 0. The molecule has 2 heterocycles. The summed E-state index contributed by atoms with van der Waals surface area (Å²) in [6.07, 6.45) is -3.24. The topological polar surface area (TPSA) is 124 Å². The van der Waals surface area contributed by atoms with Crippen molar-refractivity contribution in [1.29, 1.82) is 0 Å². The standard InChI is InChI=1S/C27H26F3N3O5/c28-27(29,30)26(36)33-24(31)17-7-9-18(10-8-17)25(35)32-14-16-12-20(5-3-11-37-15-16)23(34)22-13-19-4-1-2-6-21(19)38-22/h1-2,4,6-10,13,16,20H,3,5,11-12,14-15H2,(H,32,35)(H2,31,33,36)/t16?,20-/m0/s1. The Balaban J connectivity index is 1.37. The molecule has 3 N–H and O–H groups in total. The maximum atomic E-state index is 13.2. The van der Waals surface area contributed by atoms with Crippen molar-refractivity contribution in [1.82, 2.24) is 5.32 Å². The summed E-state index contributed by atoms with van der Waals surface area (Å²) in [6.45, 7) is 1.15. The molecule has 200 valence electrons. The molecule has 0 aliphatic carbocycles. The number of nitrogens with zero attached hydrogens (tertiary/aromatic N) is 1. The number of benzene rings is 2. The number of alkyl halides is 3. The molecule has 2 aromatic carbocycles. The zero-order valence-electron chi connectivity index (χ0n) is 20.3. The molecule has 2 atom stereocenters. The first-order valence-corrected chi connectivity index (χ1v) is 12.1. The monoisotopic (exact) mass is 529 g/mol. The summed E-state index contributed by atoms with van der Waals surface area (Å²) in [7, 11) is 0. The first-order valence-electron chi connectivity index (χ1n) is 12.1. The minimum Gasteiger partial charge on any atom is -0.453 e. The number of aliphatic imine (C=N–C) groups is 1. The number of amidine groups is 1. The van der Waals surface area contributed by atoms with E-state index < -0.39 is 23.8 Å². The third-order valence-electron chi connectivity index (χ3n) is 6.31. The van der Waals surface area contributed by atoms with Crippen molar-refractivity contribution in [3.8, 4) is 0 Å². The van der Waals surface area contributed by atoms with Gasteiger partial charge in [0, 0.05) is 41.5 Å². The van der Waals surface area contributed by atoms with E-state index >= 15 is 0 Å². The normalized spacial score (nSPS) is 19.0. The number of nitrogens with two attached hydrogens (primary N) is 1. The Morgan fingerprint density at radius 2 is 1.76 bits per heavy atom. The number of ketones is 1. The number of halogens is 3. The predicted molar refractivity (Wildman–Crippen MR) is 133 cm³/mol. The molecule has 3 aromatic rings. The summed E-state index contributed by atoms with van der Waals surface area (Å²) < 4.78 is 48.6.